The molecule has 1 aromatic heterocycles. The van der Waals surface area contributed by atoms with Crippen LogP contribution in [-0.4, -0.2) is 23.7 Å². The summed E-state index contributed by atoms with van der Waals surface area (Å²) in [7, 11) is 0. The van der Waals surface area contributed by atoms with Crippen molar-refractivity contribution in [2.45, 2.75) is 0 Å². The van der Waals surface area contributed by atoms with Crippen molar-refractivity contribution in [1.29, 1.82) is 0 Å². The summed E-state index contributed by atoms with van der Waals surface area (Å²) < 4.78 is 0. The lowest BCUT2D eigenvalue weighted by atomic mass is 10.3. The second kappa shape index (κ2) is 7.25. The summed E-state index contributed by atoms with van der Waals surface area (Å²) in [5.74, 6) is -0.240. The molecule has 0 bridgehead atoms. The third-order valence-corrected chi connectivity index (χ3v) is 2.62. The molecule has 102 valence electrons. The van der Waals surface area contributed by atoms with E-state index in [0.29, 0.717) is 5.02 Å². The van der Waals surface area contributed by atoms with Crippen molar-refractivity contribution in [2.75, 3.05) is 11.9 Å². The number of carbonyl (C=O) groups is 1. The van der Waals surface area contributed by atoms with Gasteiger partial charge in [-0.1, -0.05) is 17.7 Å². The van der Waals surface area contributed by atoms with Crippen LogP contribution in [0.1, 0.15) is 5.56 Å². The van der Waals surface area contributed by atoms with E-state index in [1.165, 1.54) is 0 Å². The maximum absolute atomic E-state index is 11.6. The number of aromatic nitrogens is 1. The first kappa shape index (κ1) is 14.0. The van der Waals surface area contributed by atoms with E-state index in [0.717, 1.165) is 11.3 Å². The summed E-state index contributed by atoms with van der Waals surface area (Å²) in [6, 6.07) is 10.7. The van der Waals surface area contributed by atoms with Crippen molar-refractivity contribution in [2.24, 2.45) is 5.10 Å². The predicted molar refractivity (Wildman–Crippen MR) is 79.9 cm³/mol. The SMILES string of the molecule is O=C(CNc1cccc(Cl)c1)N/N=C/c1ccncc1. The van der Waals surface area contributed by atoms with Crippen LogP contribution >= 0.6 is 11.6 Å². The summed E-state index contributed by atoms with van der Waals surface area (Å²) in [5, 5.41) is 7.42. The maximum atomic E-state index is 11.6. The van der Waals surface area contributed by atoms with Crippen LogP contribution in [0.5, 0.6) is 0 Å². The lowest BCUT2D eigenvalue weighted by Crippen LogP contribution is -2.25. The predicted octanol–water partition coefficient (Wildman–Crippen LogP) is 2.30. The Balaban J connectivity index is 1.77. The number of halogens is 1. The molecule has 0 spiro atoms. The fraction of sp³-hybridized carbons (Fsp3) is 0.0714. The second-order valence-electron chi connectivity index (χ2n) is 3.94. The number of hydrogen-bond donors (Lipinski definition) is 2. The number of rotatable bonds is 5. The van der Waals surface area contributed by atoms with Crippen LogP contribution in [0, 0.1) is 0 Å². The van der Waals surface area contributed by atoms with E-state index in [-0.39, 0.29) is 12.5 Å². The van der Waals surface area contributed by atoms with Crippen molar-refractivity contribution in [1.82, 2.24) is 10.4 Å². The largest absolute Gasteiger partial charge is 0.376 e. The van der Waals surface area contributed by atoms with Crippen LogP contribution in [0.4, 0.5) is 5.69 Å². The van der Waals surface area contributed by atoms with Crippen molar-refractivity contribution in [3.63, 3.8) is 0 Å². The van der Waals surface area contributed by atoms with Gasteiger partial charge < -0.3 is 5.32 Å². The van der Waals surface area contributed by atoms with Gasteiger partial charge in [-0.3, -0.25) is 9.78 Å². The lowest BCUT2D eigenvalue weighted by Gasteiger charge is -2.05. The Labute approximate surface area is 121 Å². The number of hydrogen-bond acceptors (Lipinski definition) is 4. The zero-order chi connectivity index (χ0) is 14.2. The quantitative estimate of drug-likeness (QED) is 0.655. The first-order valence-corrected chi connectivity index (χ1v) is 6.33. The Hall–Kier alpha value is -2.40. The molecular weight excluding hydrogens is 276 g/mol. The van der Waals surface area contributed by atoms with Crippen molar-refractivity contribution < 1.29 is 4.79 Å². The zero-order valence-electron chi connectivity index (χ0n) is 10.6. The number of anilines is 1. The van der Waals surface area contributed by atoms with E-state index in [1.54, 1.807) is 42.9 Å². The molecule has 1 aromatic carbocycles. The van der Waals surface area contributed by atoms with Crippen LogP contribution in [0.3, 0.4) is 0 Å². The van der Waals surface area contributed by atoms with E-state index in [1.807, 2.05) is 12.1 Å². The van der Waals surface area contributed by atoms with E-state index in [4.69, 9.17) is 11.6 Å². The van der Waals surface area contributed by atoms with Crippen LogP contribution < -0.4 is 10.7 Å². The van der Waals surface area contributed by atoms with Crippen molar-refractivity contribution in [3.05, 3.63) is 59.4 Å². The van der Waals surface area contributed by atoms with Gasteiger partial charge in [-0.25, -0.2) is 5.43 Å². The fourth-order valence-electron chi connectivity index (χ4n) is 1.45. The van der Waals surface area contributed by atoms with Crippen LogP contribution in [0.25, 0.3) is 0 Å². The second-order valence-corrected chi connectivity index (χ2v) is 4.37. The van der Waals surface area contributed by atoms with E-state index >= 15 is 0 Å². The number of carbonyl (C=O) groups excluding carboxylic acids is 1. The van der Waals surface area contributed by atoms with Gasteiger partial charge in [0.2, 0.25) is 0 Å². The molecule has 20 heavy (non-hydrogen) atoms. The molecule has 0 saturated carbocycles. The molecule has 1 amide bonds. The topological polar surface area (TPSA) is 66.4 Å². The minimum absolute atomic E-state index is 0.119. The minimum atomic E-state index is -0.240. The maximum Gasteiger partial charge on any atom is 0.259 e. The first-order valence-electron chi connectivity index (χ1n) is 5.95. The average Bonchev–Trinajstić information content (AvgIpc) is 2.46. The molecular formula is C14H13ClN4O. The molecule has 0 radical (unpaired) electrons. The highest BCUT2D eigenvalue weighted by molar-refractivity contribution is 6.30. The highest BCUT2D eigenvalue weighted by Crippen LogP contribution is 2.14. The molecule has 5 nitrogen and oxygen atoms in total. The molecule has 6 heteroatoms. The summed E-state index contributed by atoms with van der Waals surface area (Å²) >= 11 is 5.84. The lowest BCUT2D eigenvalue weighted by molar-refractivity contribution is -0.119. The third-order valence-electron chi connectivity index (χ3n) is 2.39. The van der Waals surface area contributed by atoms with Crippen LogP contribution in [0.2, 0.25) is 5.02 Å². The molecule has 0 fully saturated rings. The summed E-state index contributed by atoms with van der Waals surface area (Å²) in [6.45, 7) is 0.119. The van der Waals surface area contributed by atoms with Gasteiger partial charge in [-0.05, 0) is 35.9 Å². The molecule has 2 rings (SSSR count). The average molecular weight is 289 g/mol. The molecule has 0 atom stereocenters. The number of pyridine rings is 1. The molecule has 0 unspecified atom stereocenters. The normalized spacial score (nSPS) is 10.4. The molecule has 0 saturated heterocycles. The summed E-state index contributed by atoms with van der Waals surface area (Å²) in [4.78, 5) is 15.4. The Morgan fingerprint density at radius 1 is 1.30 bits per heavy atom. The Bertz CT molecular complexity index is 601. The van der Waals surface area contributed by atoms with Gasteiger partial charge in [0.15, 0.2) is 0 Å². The highest BCUT2D eigenvalue weighted by Gasteiger charge is 1.99. The summed E-state index contributed by atoms with van der Waals surface area (Å²) in [5.41, 5.74) is 4.08. The number of amides is 1. The Kier molecular flexibility index (Phi) is 5.08. The molecule has 0 aliphatic rings. The third kappa shape index (κ3) is 4.70. The summed E-state index contributed by atoms with van der Waals surface area (Å²) in [6.07, 6.45) is 4.87. The number of benzene rings is 1. The Morgan fingerprint density at radius 3 is 2.85 bits per heavy atom. The zero-order valence-corrected chi connectivity index (χ0v) is 11.3. The van der Waals surface area contributed by atoms with Crippen molar-refractivity contribution >= 4 is 29.4 Å². The molecule has 0 aliphatic heterocycles. The van der Waals surface area contributed by atoms with Crippen LogP contribution in [-0.2, 0) is 4.79 Å². The molecule has 0 aliphatic carbocycles. The smallest absolute Gasteiger partial charge is 0.259 e. The van der Waals surface area contributed by atoms with Gasteiger partial charge in [0, 0.05) is 23.1 Å². The van der Waals surface area contributed by atoms with E-state index in [2.05, 4.69) is 20.8 Å². The molecule has 2 N–H and O–H groups in total. The Morgan fingerprint density at radius 2 is 2.10 bits per heavy atom. The minimum Gasteiger partial charge on any atom is -0.376 e. The number of nitrogens with zero attached hydrogens (tertiary/aromatic N) is 2. The first-order chi connectivity index (χ1) is 9.74. The highest BCUT2D eigenvalue weighted by atomic mass is 35.5. The van der Waals surface area contributed by atoms with Gasteiger partial charge in [-0.2, -0.15) is 5.10 Å². The van der Waals surface area contributed by atoms with E-state index in [9.17, 15) is 4.79 Å². The molecule has 1 heterocycles. The number of nitrogens with one attached hydrogen (secondary N) is 2. The van der Waals surface area contributed by atoms with Gasteiger partial charge in [0.1, 0.15) is 0 Å². The standard InChI is InChI=1S/C14H13ClN4O/c15-12-2-1-3-13(8-12)17-10-14(20)19-18-9-11-4-6-16-7-5-11/h1-9,17H,10H2,(H,19,20)/b18-9+. The number of hydrazone groups is 1. The fourth-order valence-corrected chi connectivity index (χ4v) is 1.64. The van der Waals surface area contributed by atoms with Gasteiger partial charge in [-0.15, -0.1) is 0 Å². The van der Waals surface area contributed by atoms with Gasteiger partial charge >= 0.3 is 0 Å². The molecule has 2 aromatic rings. The van der Waals surface area contributed by atoms with Crippen LogP contribution in [0.15, 0.2) is 53.9 Å². The van der Waals surface area contributed by atoms with Gasteiger partial charge in [0.05, 0.1) is 12.8 Å². The van der Waals surface area contributed by atoms with Gasteiger partial charge in [0.25, 0.3) is 5.91 Å². The van der Waals surface area contributed by atoms with E-state index < -0.39 is 0 Å². The van der Waals surface area contributed by atoms with Crippen molar-refractivity contribution in [3.8, 4) is 0 Å². The monoisotopic (exact) mass is 288 g/mol.